The summed E-state index contributed by atoms with van der Waals surface area (Å²) in [6.45, 7) is 7.70. The molecule has 2 rings (SSSR count). The van der Waals surface area contributed by atoms with Gasteiger partial charge in [0.2, 0.25) is 0 Å². The Bertz CT molecular complexity index is 694. The standard InChI is InChI=1S/C19H22INO4/c1-5-24-18(22)15-11(3)21-12(4)16(19(23)25-6-2)17(15)13-7-9-14(20)10-8-13/h7-10,17,21H,5-6H2,1-4H3. The van der Waals surface area contributed by atoms with Crippen molar-refractivity contribution in [3.05, 3.63) is 55.9 Å². The number of ether oxygens (including phenoxy) is 2. The van der Waals surface area contributed by atoms with Gasteiger partial charge in [-0.1, -0.05) is 12.1 Å². The lowest BCUT2D eigenvalue weighted by Gasteiger charge is -2.30. The van der Waals surface area contributed by atoms with Gasteiger partial charge in [0.25, 0.3) is 0 Å². The summed E-state index contributed by atoms with van der Waals surface area (Å²) in [5, 5.41) is 3.13. The third kappa shape index (κ3) is 4.23. The van der Waals surface area contributed by atoms with Crippen molar-refractivity contribution in [2.24, 2.45) is 0 Å². The van der Waals surface area contributed by atoms with Crippen molar-refractivity contribution < 1.29 is 19.1 Å². The summed E-state index contributed by atoms with van der Waals surface area (Å²) >= 11 is 2.22. The zero-order valence-corrected chi connectivity index (χ0v) is 17.0. The molecule has 0 radical (unpaired) electrons. The molecular weight excluding hydrogens is 433 g/mol. The second kappa shape index (κ2) is 8.51. The highest BCUT2D eigenvalue weighted by atomic mass is 127. The highest BCUT2D eigenvalue weighted by molar-refractivity contribution is 14.1. The van der Waals surface area contributed by atoms with Crippen molar-refractivity contribution in [1.82, 2.24) is 5.32 Å². The fourth-order valence-electron chi connectivity index (χ4n) is 2.94. The van der Waals surface area contributed by atoms with Crippen molar-refractivity contribution in [2.45, 2.75) is 33.6 Å². The number of allylic oxidation sites excluding steroid dienone is 2. The molecule has 0 amide bonds. The van der Waals surface area contributed by atoms with E-state index in [1.54, 1.807) is 13.8 Å². The summed E-state index contributed by atoms with van der Waals surface area (Å²) in [5.41, 5.74) is 3.11. The Kier molecular flexibility index (Phi) is 6.64. The number of halogens is 1. The number of rotatable bonds is 5. The Balaban J connectivity index is 2.61. The van der Waals surface area contributed by atoms with Crippen LogP contribution in [0.15, 0.2) is 46.8 Å². The van der Waals surface area contributed by atoms with Crippen molar-refractivity contribution in [3.8, 4) is 0 Å². The maximum Gasteiger partial charge on any atom is 0.336 e. The van der Waals surface area contributed by atoms with E-state index in [0.717, 1.165) is 9.13 Å². The number of carbonyl (C=O) groups excluding carboxylic acids is 2. The number of benzene rings is 1. The third-order valence-corrected chi connectivity index (χ3v) is 4.67. The minimum absolute atomic E-state index is 0.270. The Morgan fingerprint density at radius 3 is 1.80 bits per heavy atom. The predicted octanol–water partition coefficient (Wildman–Crippen LogP) is 3.65. The van der Waals surface area contributed by atoms with E-state index in [1.165, 1.54) is 0 Å². The van der Waals surface area contributed by atoms with Crippen LogP contribution in [0.3, 0.4) is 0 Å². The summed E-state index contributed by atoms with van der Waals surface area (Å²) in [6.07, 6.45) is 0. The van der Waals surface area contributed by atoms with Crippen LogP contribution < -0.4 is 5.32 Å². The molecule has 0 aliphatic carbocycles. The van der Waals surface area contributed by atoms with Crippen molar-refractivity contribution in [2.75, 3.05) is 13.2 Å². The molecule has 0 fully saturated rings. The maximum absolute atomic E-state index is 12.6. The van der Waals surface area contributed by atoms with E-state index in [4.69, 9.17) is 9.47 Å². The van der Waals surface area contributed by atoms with E-state index in [-0.39, 0.29) is 13.2 Å². The summed E-state index contributed by atoms with van der Waals surface area (Å²) in [5.74, 6) is -1.37. The van der Waals surface area contributed by atoms with Gasteiger partial charge in [0, 0.05) is 15.0 Å². The Morgan fingerprint density at radius 1 is 0.960 bits per heavy atom. The number of nitrogens with one attached hydrogen (secondary N) is 1. The van der Waals surface area contributed by atoms with E-state index < -0.39 is 17.9 Å². The lowest BCUT2D eigenvalue weighted by Crippen LogP contribution is -2.32. The summed E-state index contributed by atoms with van der Waals surface area (Å²) < 4.78 is 11.6. The fourth-order valence-corrected chi connectivity index (χ4v) is 3.30. The molecule has 1 aliphatic rings. The molecule has 134 valence electrons. The molecule has 0 saturated carbocycles. The molecule has 0 unspecified atom stereocenters. The van der Waals surface area contributed by atoms with Crippen LogP contribution in [0.4, 0.5) is 0 Å². The van der Waals surface area contributed by atoms with E-state index in [1.807, 2.05) is 38.1 Å². The van der Waals surface area contributed by atoms with Gasteiger partial charge in [-0.05, 0) is 68.0 Å². The van der Waals surface area contributed by atoms with Gasteiger partial charge in [-0.25, -0.2) is 9.59 Å². The second-order valence-electron chi connectivity index (χ2n) is 5.63. The van der Waals surface area contributed by atoms with Crippen molar-refractivity contribution in [3.63, 3.8) is 0 Å². The molecule has 1 heterocycles. The van der Waals surface area contributed by atoms with E-state index in [2.05, 4.69) is 27.9 Å². The first-order valence-electron chi connectivity index (χ1n) is 8.18. The van der Waals surface area contributed by atoms with Crippen LogP contribution >= 0.6 is 22.6 Å². The number of esters is 2. The van der Waals surface area contributed by atoms with Gasteiger partial charge in [0.05, 0.1) is 30.3 Å². The van der Waals surface area contributed by atoms with Gasteiger partial charge in [0.1, 0.15) is 0 Å². The van der Waals surface area contributed by atoms with Gasteiger partial charge < -0.3 is 14.8 Å². The van der Waals surface area contributed by atoms with E-state index in [9.17, 15) is 9.59 Å². The molecule has 0 spiro atoms. The first-order chi connectivity index (χ1) is 11.9. The Labute approximate surface area is 161 Å². The molecule has 1 aliphatic heterocycles. The molecule has 5 nitrogen and oxygen atoms in total. The first kappa shape index (κ1) is 19.5. The molecule has 25 heavy (non-hydrogen) atoms. The molecule has 6 heteroatoms. The zero-order chi connectivity index (χ0) is 18.6. The monoisotopic (exact) mass is 455 g/mol. The second-order valence-corrected chi connectivity index (χ2v) is 6.87. The molecular formula is C19H22INO4. The Morgan fingerprint density at radius 2 is 1.40 bits per heavy atom. The van der Waals surface area contributed by atoms with Gasteiger partial charge in [-0.3, -0.25) is 0 Å². The predicted molar refractivity (Wildman–Crippen MR) is 104 cm³/mol. The third-order valence-electron chi connectivity index (χ3n) is 3.95. The highest BCUT2D eigenvalue weighted by Gasteiger charge is 2.37. The smallest absolute Gasteiger partial charge is 0.336 e. The normalized spacial score (nSPS) is 15.1. The lowest BCUT2D eigenvalue weighted by atomic mass is 9.80. The SMILES string of the molecule is CCOC(=O)C1=C(C)NC(C)=C(C(=O)OCC)C1c1ccc(I)cc1. The molecule has 0 bridgehead atoms. The number of dihydropyridines is 1. The zero-order valence-electron chi connectivity index (χ0n) is 14.8. The average molecular weight is 455 g/mol. The van der Waals surface area contributed by atoms with Gasteiger partial charge >= 0.3 is 11.9 Å². The van der Waals surface area contributed by atoms with Crippen LogP contribution in [0.1, 0.15) is 39.2 Å². The van der Waals surface area contributed by atoms with Gasteiger partial charge in [-0.2, -0.15) is 0 Å². The summed E-state index contributed by atoms with van der Waals surface area (Å²) in [7, 11) is 0. The largest absolute Gasteiger partial charge is 0.463 e. The van der Waals surface area contributed by atoms with Crippen molar-refractivity contribution >= 4 is 34.5 Å². The van der Waals surface area contributed by atoms with Crippen LogP contribution in [-0.2, 0) is 19.1 Å². The van der Waals surface area contributed by atoms with E-state index in [0.29, 0.717) is 22.5 Å². The topological polar surface area (TPSA) is 64.6 Å². The lowest BCUT2D eigenvalue weighted by molar-refractivity contribution is -0.139. The minimum Gasteiger partial charge on any atom is -0.463 e. The number of hydrogen-bond donors (Lipinski definition) is 1. The first-order valence-corrected chi connectivity index (χ1v) is 9.26. The van der Waals surface area contributed by atoms with Crippen LogP contribution in [0.5, 0.6) is 0 Å². The minimum atomic E-state index is -0.517. The van der Waals surface area contributed by atoms with Gasteiger partial charge in [0.15, 0.2) is 0 Å². The number of carbonyl (C=O) groups is 2. The number of hydrogen-bond acceptors (Lipinski definition) is 5. The maximum atomic E-state index is 12.6. The fraction of sp³-hybridized carbons (Fsp3) is 0.368. The molecule has 1 N–H and O–H groups in total. The molecule has 0 aromatic heterocycles. The molecule has 1 aromatic rings. The quantitative estimate of drug-likeness (QED) is 0.543. The average Bonchev–Trinajstić information content (AvgIpc) is 2.55. The van der Waals surface area contributed by atoms with Crippen molar-refractivity contribution in [1.29, 1.82) is 0 Å². The van der Waals surface area contributed by atoms with Crippen LogP contribution in [0.2, 0.25) is 0 Å². The highest BCUT2D eigenvalue weighted by Crippen LogP contribution is 2.39. The van der Waals surface area contributed by atoms with E-state index >= 15 is 0 Å². The Hall–Kier alpha value is -1.83. The summed E-state index contributed by atoms with van der Waals surface area (Å²) in [4.78, 5) is 25.2. The van der Waals surface area contributed by atoms with Crippen LogP contribution in [0.25, 0.3) is 0 Å². The molecule has 1 aromatic carbocycles. The van der Waals surface area contributed by atoms with Crippen LogP contribution in [0, 0.1) is 3.57 Å². The van der Waals surface area contributed by atoms with Gasteiger partial charge in [-0.15, -0.1) is 0 Å². The summed E-state index contributed by atoms with van der Waals surface area (Å²) in [6, 6.07) is 7.76. The molecule has 0 atom stereocenters. The van der Waals surface area contributed by atoms with Crippen LogP contribution in [-0.4, -0.2) is 25.2 Å². The molecule has 0 saturated heterocycles.